The zero-order chi connectivity index (χ0) is 21.6. The van der Waals surface area contributed by atoms with E-state index < -0.39 is 14.9 Å². The fraction of sp³-hybridized carbons (Fsp3) is 0.0526. The van der Waals surface area contributed by atoms with E-state index in [-0.39, 0.29) is 48.3 Å². The molecule has 0 saturated heterocycles. The van der Waals surface area contributed by atoms with E-state index in [2.05, 4.69) is 0 Å². The van der Waals surface area contributed by atoms with Gasteiger partial charge in [-0.25, -0.2) is 0 Å². The molecule has 0 aliphatic carbocycles. The molecule has 29 heavy (non-hydrogen) atoms. The lowest BCUT2D eigenvalue weighted by molar-refractivity contribution is 0.455. The van der Waals surface area contributed by atoms with Crippen LogP contribution in [0.2, 0.25) is 20.1 Å². The first-order valence-corrected chi connectivity index (χ1v) is 10.8. The number of halogens is 4. The average Bonchev–Trinajstić information content (AvgIpc) is 2.61. The molecule has 10 heteroatoms. The van der Waals surface area contributed by atoms with E-state index in [1.807, 2.05) is 0 Å². The number of aromatic hydroxyl groups is 2. The van der Waals surface area contributed by atoms with Crippen LogP contribution in [0.5, 0.6) is 11.5 Å². The fourth-order valence-corrected chi connectivity index (χ4v) is 5.78. The highest BCUT2D eigenvalue weighted by atomic mass is 35.5. The van der Waals surface area contributed by atoms with Gasteiger partial charge in [-0.1, -0.05) is 52.5 Å². The van der Waals surface area contributed by atoms with Gasteiger partial charge in [-0.05, 0) is 48.5 Å². The van der Waals surface area contributed by atoms with Crippen LogP contribution >= 0.6 is 46.4 Å². The van der Waals surface area contributed by atoms with Gasteiger partial charge in [0.2, 0.25) is 0 Å². The van der Waals surface area contributed by atoms with Crippen LogP contribution in [0.25, 0.3) is 0 Å². The van der Waals surface area contributed by atoms with Crippen molar-refractivity contribution in [3.63, 3.8) is 0 Å². The predicted octanol–water partition coefficient (Wildman–Crippen LogP) is 5.89. The van der Waals surface area contributed by atoms with Gasteiger partial charge in [0.25, 0.3) is 10.1 Å². The molecule has 0 unspecified atom stereocenters. The molecule has 0 fully saturated rings. The zero-order valence-electron chi connectivity index (χ0n) is 14.3. The molecule has 0 amide bonds. The zero-order valence-corrected chi connectivity index (χ0v) is 18.1. The molecule has 0 saturated carbocycles. The Morgan fingerprint density at radius 3 is 1.55 bits per heavy atom. The Kier molecular flexibility index (Phi) is 5.98. The number of hydrogen-bond acceptors (Lipinski definition) is 4. The highest BCUT2D eigenvalue weighted by Crippen LogP contribution is 2.51. The Bertz CT molecular complexity index is 1160. The molecule has 0 radical (unpaired) electrons. The van der Waals surface area contributed by atoms with E-state index in [4.69, 9.17) is 46.4 Å². The van der Waals surface area contributed by atoms with E-state index in [1.54, 1.807) is 0 Å². The van der Waals surface area contributed by atoms with E-state index in [0.29, 0.717) is 0 Å². The molecule has 0 aromatic heterocycles. The largest absolute Gasteiger partial charge is 0.508 e. The summed E-state index contributed by atoms with van der Waals surface area (Å²) in [5.74, 6) is -0.641. The van der Waals surface area contributed by atoms with Gasteiger partial charge in [0.05, 0.1) is 0 Å². The van der Waals surface area contributed by atoms with Crippen LogP contribution in [0.4, 0.5) is 0 Å². The summed E-state index contributed by atoms with van der Waals surface area (Å²) in [4.78, 5) is 0. The quantitative estimate of drug-likeness (QED) is 0.311. The smallest absolute Gasteiger partial charge is 0.283 e. The minimum atomic E-state index is -5.12. The first-order valence-electron chi connectivity index (χ1n) is 7.89. The number of hydrogen-bond donors (Lipinski definition) is 3. The molecule has 3 aromatic carbocycles. The molecule has 3 aromatic rings. The van der Waals surface area contributed by atoms with Gasteiger partial charge in [-0.15, -0.1) is 0 Å². The average molecular weight is 494 g/mol. The van der Waals surface area contributed by atoms with Gasteiger partial charge in [0.15, 0.2) is 4.75 Å². The van der Waals surface area contributed by atoms with Gasteiger partial charge in [0, 0.05) is 36.8 Å². The maximum Gasteiger partial charge on any atom is 0.283 e. The second kappa shape index (κ2) is 7.87. The molecular formula is C19H12Cl4O5S. The standard InChI is InChI=1S/C19H12Cl4O5S/c20-10-1-4-13(18(23)7-10)19(29(26,27)28,14-8-11(24)2-5-16(14)21)15-9-12(25)3-6-17(15)22/h1-9,24-25H,(H,26,27,28). The van der Waals surface area contributed by atoms with Crippen molar-refractivity contribution in [3.05, 3.63) is 91.4 Å². The van der Waals surface area contributed by atoms with Crippen molar-refractivity contribution in [2.24, 2.45) is 0 Å². The van der Waals surface area contributed by atoms with E-state index >= 15 is 0 Å². The summed E-state index contributed by atoms with van der Waals surface area (Å²) in [6.45, 7) is 0. The van der Waals surface area contributed by atoms with Crippen molar-refractivity contribution < 1.29 is 23.2 Å². The van der Waals surface area contributed by atoms with Crippen LogP contribution < -0.4 is 0 Å². The van der Waals surface area contributed by atoms with Gasteiger partial charge in [-0.2, -0.15) is 8.42 Å². The maximum atomic E-state index is 13.0. The third-order valence-corrected chi connectivity index (χ3v) is 7.00. The first kappa shape index (κ1) is 22.0. The second-order valence-corrected chi connectivity index (χ2v) is 9.33. The fourth-order valence-electron chi connectivity index (χ4n) is 3.19. The normalized spacial score (nSPS) is 12.2. The van der Waals surface area contributed by atoms with Crippen molar-refractivity contribution in [3.8, 4) is 11.5 Å². The number of benzene rings is 3. The Morgan fingerprint density at radius 1 is 0.655 bits per heavy atom. The van der Waals surface area contributed by atoms with Gasteiger partial charge in [0.1, 0.15) is 11.5 Å². The maximum absolute atomic E-state index is 13.0. The van der Waals surface area contributed by atoms with E-state index in [9.17, 15) is 23.2 Å². The van der Waals surface area contributed by atoms with Crippen LogP contribution in [-0.2, 0) is 14.9 Å². The Morgan fingerprint density at radius 2 is 1.14 bits per heavy atom. The lowest BCUT2D eigenvalue weighted by Gasteiger charge is -2.34. The minimum absolute atomic E-state index is 0.106. The van der Waals surface area contributed by atoms with Gasteiger partial charge >= 0.3 is 0 Å². The van der Waals surface area contributed by atoms with Crippen molar-refractivity contribution in [1.29, 1.82) is 0 Å². The highest BCUT2D eigenvalue weighted by molar-refractivity contribution is 7.87. The van der Waals surface area contributed by atoms with Crippen LogP contribution in [0.3, 0.4) is 0 Å². The lowest BCUT2D eigenvalue weighted by Crippen LogP contribution is -2.39. The molecule has 3 rings (SSSR count). The summed E-state index contributed by atoms with van der Waals surface area (Å²) in [7, 11) is -5.12. The number of phenols is 2. The molecule has 3 N–H and O–H groups in total. The Hall–Kier alpha value is -1.67. The van der Waals surface area contributed by atoms with Crippen molar-refractivity contribution >= 4 is 56.5 Å². The molecule has 152 valence electrons. The van der Waals surface area contributed by atoms with Crippen LogP contribution in [0.15, 0.2) is 54.6 Å². The number of phenolic OH excluding ortho intramolecular Hbond substituents is 2. The third-order valence-electron chi connectivity index (χ3n) is 4.36. The van der Waals surface area contributed by atoms with Crippen molar-refractivity contribution in [2.75, 3.05) is 0 Å². The molecule has 0 heterocycles. The van der Waals surface area contributed by atoms with Crippen molar-refractivity contribution in [1.82, 2.24) is 0 Å². The number of rotatable bonds is 4. The topological polar surface area (TPSA) is 94.8 Å². The van der Waals surface area contributed by atoms with Gasteiger partial charge < -0.3 is 10.2 Å². The predicted molar refractivity (Wildman–Crippen MR) is 114 cm³/mol. The van der Waals surface area contributed by atoms with Crippen LogP contribution in [0, 0.1) is 0 Å². The highest BCUT2D eigenvalue weighted by Gasteiger charge is 2.52. The summed E-state index contributed by atoms with van der Waals surface area (Å²) in [5, 5.41) is 19.9. The Labute approximate surface area is 186 Å². The van der Waals surface area contributed by atoms with Crippen molar-refractivity contribution in [2.45, 2.75) is 4.75 Å². The van der Waals surface area contributed by atoms with Gasteiger partial charge in [-0.3, -0.25) is 4.55 Å². The summed E-state index contributed by atoms with van der Waals surface area (Å²) in [5.41, 5.74) is -0.581. The van der Waals surface area contributed by atoms with E-state index in [1.165, 1.54) is 42.5 Å². The first-order chi connectivity index (χ1) is 13.5. The molecule has 0 aliphatic heterocycles. The summed E-state index contributed by atoms with van der Waals surface area (Å²) in [6.07, 6.45) is 0. The second-order valence-electron chi connectivity index (χ2n) is 6.11. The molecule has 0 spiro atoms. The van der Waals surface area contributed by atoms with Crippen LogP contribution in [-0.4, -0.2) is 23.2 Å². The minimum Gasteiger partial charge on any atom is -0.508 e. The third kappa shape index (κ3) is 3.77. The summed E-state index contributed by atoms with van der Waals surface area (Å²) < 4.78 is 34.0. The monoisotopic (exact) mass is 492 g/mol. The lowest BCUT2D eigenvalue weighted by atomic mass is 9.83. The summed E-state index contributed by atoms with van der Waals surface area (Å²) in [6, 6.07) is 11.1. The molecule has 5 nitrogen and oxygen atoms in total. The summed E-state index contributed by atoms with van der Waals surface area (Å²) >= 11 is 24.9. The molecule has 0 atom stereocenters. The molecular weight excluding hydrogens is 482 g/mol. The Balaban J connectivity index is 2.65. The van der Waals surface area contributed by atoms with E-state index in [0.717, 1.165) is 12.1 Å². The van der Waals surface area contributed by atoms with Crippen LogP contribution in [0.1, 0.15) is 16.7 Å². The molecule has 0 bridgehead atoms. The SMILES string of the molecule is O=S(=O)(O)C(c1ccc(Cl)cc1Cl)(c1cc(O)ccc1Cl)c1cc(O)ccc1Cl. The molecule has 0 aliphatic rings.